The lowest BCUT2D eigenvalue weighted by molar-refractivity contribution is -0.121. The number of aromatic nitrogens is 2. The van der Waals surface area contributed by atoms with Gasteiger partial charge in [0.2, 0.25) is 5.95 Å². The monoisotopic (exact) mass is 293 g/mol. The minimum Gasteiger partial charge on any atom is -0.493 e. The lowest BCUT2D eigenvalue weighted by Gasteiger charge is -2.10. The van der Waals surface area contributed by atoms with E-state index in [1.807, 2.05) is 6.92 Å². The van der Waals surface area contributed by atoms with Crippen LogP contribution in [0.3, 0.4) is 0 Å². The molecule has 0 fully saturated rings. The minimum atomic E-state index is -0.316. The van der Waals surface area contributed by atoms with Crippen LogP contribution in [-0.4, -0.2) is 36.2 Å². The minimum absolute atomic E-state index is 0.0603. The first-order valence-electron chi connectivity index (χ1n) is 6.50. The molecule has 0 atom stereocenters. The van der Waals surface area contributed by atoms with E-state index in [9.17, 15) is 4.79 Å². The van der Waals surface area contributed by atoms with Gasteiger partial charge in [0.05, 0.1) is 25.3 Å². The van der Waals surface area contributed by atoms with E-state index in [0.29, 0.717) is 29.5 Å². The van der Waals surface area contributed by atoms with Gasteiger partial charge in [-0.05, 0) is 6.92 Å². The Kier molecular flexibility index (Phi) is 4.49. The Labute approximate surface area is 122 Å². The van der Waals surface area contributed by atoms with Crippen LogP contribution >= 0.6 is 0 Å². The first kappa shape index (κ1) is 14.9. The van der Waals surface area contributed by atoms with Gasteiger partial charge in [-0.2, -0.15) is 0 Å². The summed E-state index contributed by atoms with van der Waals surface area (Å²) in [6, 6.07) is 3.55. The number of rotatable bonds is 6. The molecule has 0 saturated carbocycles. The van der Waals surface area contributed by atoms with Crippen LogP contribution in [0.4, 0.5) is 5.95 Å². The highest BCUT2D eigenvalue weighted by Crippen LogP contribution is 2.33. The van der Waals surface area contributed by atoms with Crippen molar-refractivity contribution >= 4 is 22.9 Å². The molecule has 8 heteroatoms. The number of fused-ring (bicyclic) bond motifs is 1. The van der Waals surface area contributed by atoms with E-state index in [4.69, 9.17) is 15.3 Å². The summed E-state index contributed by atoms with van der Waals surface area (Å²) in [5.41, 5.74) is 3.58. The SMILES string of the molecule is CCNc1nc2cc(OC)c(OC)cc2n1CC(=O)NN. The second-order valence-electron chi connectivity index (χ2n) is 4.32. The van der Waals surface area contributed by atoms with Gasteiger partial charge in [0.1, 0.15) is 6.54 Å². The Morgan fingerprint density at radius 2 is 2.00 bits per heavy atom. The van der Waals surface area contributed by atoms with E-state index >= 15 is 0 Å². The molecular formula is C13H19N5O3. The summed E-state index contributed by atoms with van der Waals surface area (Å²) in [4.78, 5) is 16.1. The van der Waals surface area contributed by atoms with Crippen LogP contribution in [0.1, 0.15) is 6.92 Å². The molecule has 1 amide bonds. The molecule has 8 nitrogen and oxygen atoms in total. The first-order chi connectivity index (χ1) is 10.1. The summed E-state index contributed by atoms with van der Waals surface area (Å²) < 4.78 is 12.3. The largest absolute Gasteiger partial charge is 0.493 e. The Morgan fingerprint density at radius 3 is 2.57 bits per heavy atom. The number of carbonyl (C=O) groups is 1. The van der Waals surface area contributed by atoms with Crippen LogP contribution in [0.2, 0.25) is 0 Å². The average molecular weight is 293 g/mol. The van der Waals surface area contributed by atoms with E-state index in [1.54, 1.807) is 30.9 Å². The first-order valence-corrected chi connectivity index (χ1v) is 6.50. The number of anilines is 1. The number of nitrogens with one attached hydrogen (secondary N) is 2. The summed E-state index contributed by atoms with van der Waals surface area (Å²) in [5, 5.41) is 3.12. The van der Waals surface area contributed by atoms with Crippen LogP contribution in [0.15, 0.2) is 12.1 Å². The van der Waals surface area contributed by atoms with Crippen molar-refractivity contribution in [3.05, 3.63) is 12.1 Å². The van der Waals surface area contributed by atoms with Gasteiger partial charge in [-0.15, -0.1) is 0 Å². The molecule has 0 spiro atoms. The second kappa shape index (κ2) is 6.31. The average Bonchev–Trinajstić information content (AvgIpc) is 2.82. The molecule has 0 aliphatic rings. The number of carbonyl (C=O) groups excluding carboxylic acids is 1. The van der Waals surface area contributed by atoms with Crippen LogP contribution in [0, 0.1) is 0 Å². The zero-order chi connectivity index (χ0) is 15.4. The third kappa shape index (κ3) is 2.84. The molecule has 0 bridgehead atoms. The molecule has 1 heterocycles. The van der Waals surface area contributed by atoms with Gasteiger partial charge in [-0.3, -0.25) is 10.2 Å². The summed E-state index contributed by atoms with van der Waals surface area (Å²) in [7, 11) is 3.12. The Morgan fingerprint density at radius 1 is 1.33 bits per heavy atom. The zero-order valence-electron chi connectivity index (χ0n) is 12.3. The molecule has 0 radical (unpaired) electrons. The molecule has 1 aromatic carbocycles. The smallest absolute Gasteiger partial charge is 0.253 e. The lowest BCUT2D eigenvalue weighted by atomic mass is 10.2. The molecule has 1 aromatic heterocycles. The molecule has 114 valence electrons. The number of imidazole rings is 1. The van der Waals surface area contributed by atoms with Gasteiger partial charge in [0.15, 0.2) is 11.5 Å². The molecule has 0 unspecified atom stereocenters. The standard InChI is InChI=1S/C13H19N5O3/c1-4-15-13-16-8-5-10(20-2)11(21-3)6-9(8)18(13)7-12(19)17-14/h5-6H,4,7,14H2,1-3H3,(H,15,16)(H,17,19). The molecule has 2 rings (SSSR count). The second-order valence-corrected chi connectivity index (χ2v) is 4.32. The quantitative estimate of drug-likeness (QED) is 0.406. The molecular weight excluding hydrogens is 274 g/mol. The van der Waals surface area contributed by atoms with E-state index in [0.717, 1.165) is 5.52 Å². The van der Waals surface area contributed by atoms with Crippen LogP contribution in [0.5, 0.6) is 11.5 Å². The number of hydrogen-bond donors (Lipinski definition) is 3. The zero-order valence-corrected chi connectivity index (χ0v) is 12.3. The lowest BCUT2D eigenvalue weighted by Crippen LogP contribution is -2.33. The number of nitrogens with zero attached hydrogens (tertiary/aromatic N) is 2. The number of ether oxygens (including phenoxy) is 2. The third-order valence-electron chi connectivity index (χ3n) is 3.05. The van der Waals surface area contributed by atoms with E-state index < -0.39 is 0 Å². The van der Waals surface area contributed by atoms with Crippen molar-refractivity contribution in [1.29, 1.82) is 0 Å². The number of amides is 1. The van der Waals surface area contributed by atoms with Crippen molar-refractivity contribution in [3.8, 4) is 11.5 Å². The molecule has 21 heavy (non-hydrogen) atoms. The number of nitrogens with two attached hydrogens (primary N) is 1. The fraction of sp³-hybridized carbons (Fsp3) is 0.385. The fourth-order valence-electron chi connectivity index (χ4n) is 2.09. The van der Waals surface area contributed by atoms with Crippen molar-refractivity contribution in [2.75, 3.05) is 26.1 Å². The van der Waals surface area contributed by atoms with Gasteiger partial charge in [-0.1, -0.05) is 0 Å². The van der Waals surface area contributed by atoms with Crippen LogP contribution in [0.25, 0.3) is 11.0 Å². The topological polar surface area (TPSA) is 103 Å². The fourth-order valence-corrected chi connectivity index (χ4v) is 2.09. The maximum atomic E-state index is 11.6. The van der Waals surface area contributed by atoms with Crippen molar-refractivity contribution in [3.63, 3.8) is 0 Å². The molecule has 2 aromatic rings. The Bertz CT molecular complexity index is 653. The van der Waals surface area contributed by atoms with E-state index in [1.165, 1.54) is 0 Å². The summed E-state index contributed by atoms with van der Waals surface area (Å²) in [6.45, 7) is 2.69. The van der Waals surface area contributed by atoms with E-state index in [-0.39, 0.29) is 12.5 Å². The van der Waals surface area contributed by atoms with Crippen molar-refractivity contribution < 1.29 is 14.3 Å². The Hall–Kier alpha value is -2.48. The van der Waals surface area contributed by atoms with Crippen LogP contribution < -0.4 is 26.1 Å². The normalized spacial score (nSPS) is 10.5. The number of hydrogen-bond acceptors (Lipinski definition) is 6. The molecule has 0 aliphatic carbocycles. The Balaban J connectivity index is 2.60. The van der Waals surface area contributed by atoms with Gasteiger partial charge in [-0.25, -0.2) is 10.8 Å². The van der Waals surface area contributed by atoms with Crippen molar-refractivity contribution in [2.45, 2.75) is 13.5 Å². The predicted octanol–water partition coefficient (Wildman–Crippen LogP) is 0.475. The van der Waals surface area contributed by atoms with E-state index in [2.05, 4.69) is 15.7 Å². The summed E-state index contributed by atoms with van der Waals surface area (Å²) in [5.74, 6) is 6.59. The highest BCUT2D eigenvalue weighted by atomic mass is 16.5. The van der Waals surface area contributed by atoms with Gasteiger partial charge in [0, 0.05) is 18.7 Å². The molecule has 4 N–H and O–H groups in total. The number of hydrazine groups is 1. The van der Waals surface area contributed by atoms with Crippen molar-refractivity contribution in [1.82, 2.24) is 15.0 Å². The van der Waals surface area contributed by atoms with Gasteiger partial charge in [0.25, 0.3) is 5.91 Å². The van der Waals surface area contributed by atoms with Crippen molar-refractivity contribution in [2.24, 2.45) is 5.84 Å². The van der Waals surface area contributed by atoms with Gasteiger partial charge >= 0.3 is 0 Å². The predicted molar refractivity (Wildman–Crippen MR) is 79.3 cm³/mol. The van der Waals surface area contributed by atoms with Crippen LogP contribution in [-0.2, 0) is 11.3 Å². The third-order valence-corrected chi connectivity index (χ3v) is 3.05. The molecule has 0 saturated heterocycles. The number of methoxy groups -OCH3 is 2. The maximum absolute atomic E-state index is 11.6. The summed E-state index contributed by atoms with van der Waals surface area (Å²) >= 11 is 0. The summed E-state index contributed by atoms with van der Waals surface area (Å²) in [6.07, 6.45) is 0. The highest BCUT2D eigenvalue weighted by Gasteiger charge is 2.16. The van der Waals surface area contributed by atoms with Gasteiger partial charge < -0.3 is 19.4 Å². The highest BCUT2D eigenvalue weighted by molar-refractivity contribution is 5.85. The maximum Gasteiger partial charge on any atom is 0.253 e. The number of benzene rings is 1. The molecule has 0 aliphatic heterocycles.